The molecule has 0 saturated heterocycles. The van der Waals surface area contributed by atoms with Crippen molar-refractivity contribution < 1.29 is 4.74 Å². The van der Waals surface area contributed by atoms with Crippen LogP contribution in [-0.4, -0.2) is 24.7 Å². The third-order valence-electron chi connectivity index (χ3n) is 3.92. The average molecular weight is 314 g/mol. The van der Waals surface area contributed by atoms with Gasteiger partial charge >= 0.3 is 0 Å². The lowest BCUT2D eigenvalue weighted by molar-refractivity contribution is 0.405. The summed E-state index contributed by atoms with van der Waals surface area (Å²) in [6.07, 6.45) is 2.04. The van der Waals surface area contributed by atoms with Gasteiger partial charge in [0, 0.05) is 31.5 Å². The maximum absolute atomic E-state index is 5.47. The molecule has 1 unspecified atom stereocenters. The lowest BCUT2D eigenvalue weighted by Crippen LogP contribution is -2.38. The van der Waals surface area contributed by atoms with Gasteiger partial charge in [0.1, 0.15) is 5.75 Å². The van der Waals surface area contributed by atoms with Gasteiger partial charge in [-0.3, -0.25) is 4.99 Å². The van der Waals surface area contributed by atoms with Crippen molar-refractivity contribution in [2.45, 2.75) is 26.4 Å². The van der Waals surface area contributed by atoms with Crippen molar-refractivity contribution in [1.29, 1.82) is 0 Å². The zero-order valence-corrected chi connectivity index (χ0v) is 14.6. The van der Waals surface area contributed by atoms with Gasteiger partial charge in [-0.05, 0) is 32.0 Å². The molecule has 5 heteroatoms. The highest BCUT2D eigenvalue weighted by Gasteiger charge is 2.13. The van der Waals surface area contributed by atoms with Crippen molar-refractivity contribution in [3.05, 3.63) is 53.3 Å². The molecular weight excluding hydrogens is 288 g/mol. The molecule has 0 amide bonds. The standard InChI is InChI=1S/C18H26N4O/c1-13-8-9-17(23-5)16(11-13)14(2)21-18(19-3)20-12-15-7-6-10-22(15)4/h6-11,14H,12H2,1-5H3,(H2,19,20,21). The number of hydrogen-bond donors (Lipinski definition) is 2. The van der Waals surface area contributed by atoms with E-state index in [1.165, 1.54) is 11.3 Å². The Hall–Kier alpha value is -2.43. The lowest BCUT2D eigenvalue weighted by Gasteiger charge is -2.20. The highest BCUT2D eigenvalue weighted by Crippen LogP contribution is 2.25. The number of benzene rings is 1. The van der Waals surface area contributed by atoms with Crippen molar-refractivity contribution in [2.24, 2.45) is 12.0 Å². The summed E-state index contributed by atoms with van der Waals surface area (Å²) in [6, 6.07) is 10.4. The smallest absolute Gasteiger partial charge is 0.191 e. The van der Waals surface area contributed by atoms with Crippen molar-refractivity contribution in [3.8, 4) is 5.75 Å². The maximum Gasteiger partial charge on any atom is 0.191 e. The molecule has 2 aromatic rings. The van der Waals surface area contributed by atoms with Crippen LogP contribution in [-0.2, 0) is 13.6 Å². The molecule has 124 valence electrons. The number of nitrogens with zero attached hydrogens (tertiary/aromatic N) is 2. The molecular formula is C18H26N4O. The van der Waals surface area contributed by atoms with Gasteiger partial charge in [0.05, 0.1) is 19.7 Å². The summed E-state index contributed by atoms with van der Waals surface area (Å²) in [7, 11) is 5.51. The van der Waals surface area contributed by atoms with E-state index in [1.54, 1.807) is 14.2 Å². The van der Waals surface area contributed by atoms with Crippen LogP contribution in [0.25, 0.3) is 0 Å². The number of nitrogens with one attached hydrogen (secondary N) is 2. The molecule has 2 rings (SSSR count). The predicted octanol–water partition coefficient (Wildman–Crippen LogP) is 2.77. The Bertz CT molecular complexity index is 675. The number of aromatic nitrogens is 1. The van der Waals surface area contributed by atoms with Crippen LogP contribution in [0.15, 0.2) is 41.5 Å². The number of ether oxygens (including phenoxy) is 1. The van der Waals surface area contributed by atoms with Gasteiger partial charge in [-0.25, -0.2) is 0 Å². The van der Waals surface area contributed by atoms with E-state index < -0.39 is 0 Å². The summed E-state index contributed by atoms with van der Waals surface area (Å²) in [6.45, 7) is 4.91. The SMILES string of the molecule is CN=C(NCc1cccn1C)NC(C)c1cc(C)ccc1OC. The molecule has 0 saturated carbocycles. The van der Waals surface area contributed by atoms with E-state index in [4.69, 9.17) is 4.74 Å². The molecule has 5 nitrogen and oxygen atoms in total. The van der Waals surface area contributed by atoms with E-state index in [1.807, 2.05) is 25.4 Å². The van der Waals surface area contributed by atoms with Crippen molar-refractivity contribution in [1.82, 2.24) is 15.2 Å². The fourth-order valence-electron chi connectivity index (χ4n) is 2.52. The Morgan fingerprint density at radius 3 is 2.74 bits per heavy atom. The van der Waals surface area contributed by atoms with Gasteiger partial charge in [-0.2, -0.15) is 0 Å². The van der Waals surface area contributed by atoms with E-state index in [0.29, 0.717) is 0 Å². The number of methoxy groups -OCH3 is 1. The molecule has 0 bridgehead atoms. The summed E-state index contributed by atoms with van der Waals surface area (Å²) in [4.78, 5) is 4.30. The van der Waals surface area contributed by atoms with Gasteiger partial charge in [0.25, 0.3) is 0 Å². The Labute approximate surface area is 138 Å². The molecule has 0 radical (unpaired) electrons. The van der Waals surface area contributed by atoms with Crippen molar-refractivity contribution in [3.63, 3.8) is 0 Å². The Kier molecular flexibility index (Phi) is 5.68. The van der Waals surface area contributed by atoms with E-state index in [0.717, 1.165) is 23.8 Å². The van der Waals surface area contributed by atoms with E-state index >= 15 is 0 Å². The summed E-state index contributed by atoms with van der Waals surface area (Å²) in [5.41, 5.74) is 3.53. The third-order valence-corrected chi connectivity index (χ3v) is 3.92. The highest BCUT2D eigenvalue weighted by atomic mass is 16.5. The first-order valence-electron chi connectivity index (χ1n) is 7.77. The summed E-state index contributed by atoms with van der Waals surface area (Å²) in [5.74, 6) is 1.65. The Morgan fingerprint density at radius 2 is 2.13 bits per heavy atom. The minimum Gasteiger partial charge on any atom is -0.496 e. The summed E-state index contributed by atoms with van der Waals surface area (Å²) in [5, 5.41) is 6.76. The quantitative estimate of drug-likeness (QED) is 0.659. The molecule has 1 atom stereocenters. The number of aliphatic imine (C=N–C) groups is 1. The van der Waals surface area contributed by atoms with Crippen LogP contribution in [0.4, 0.5) is 0 Å². The molecule has 0 aliphatic rings. The number of hydrogen-bond acceptors (Lipinski definition) is 2. The molecule has 0 spiro atoms. The van der Waals surface area contributed by atoms with Crippen LogP contribution in [0.3, 0.4) is 0 Å². The number of guanidine groups is 1. The monoisotopic (exact) mass is 314 g/mol. The molecule has 2 N–H and O–H groups in total. The van der Waals surface area contributed by atoms with E-state index in [2.05, 4.69) is 52.2 Å². The molecule has 0 fully saturated rings. The van der Waals surface area contributed by atoms with Crippen LogP contribution in [0, 0.1) is 6.92 Å². The summed E-state index contributed by atoms with van der Waals surface area (Å²) >= 11 is 0. The predicted molar refractivity (Wildman–Crippen MR) is 94.9 cm³/mol. The van der Waals surface area contributed by atoms with Gasteiger partial charge in [0.15, 0.2) is 5.96 Å². The third kappa shape index (κ3) is 4.28. The van der Waals surface area contributed by atoms with E-state index in [9.17, 15) is 0 Å². The number of rotatable bonds is 5. The summed E-state index contributed by atoms with van der Waals surface area (Å²) < 4.78 is 7.56. The molecule has 1 aromatic heterocycles. The Balaban J connectivity index is 2.04. The largest absolute Gasteiger partial charge is 0.496 e. The van der Waals surface area contributed by atoms with Crippen LogP contribution in [0.2, 0.25) is 0 Å². The highest BCUT2D eigenvalue weighted by molar-refractivity contribution is 5.80. The van der Waals surface area contributed by atoms with Crippen LogP contribution >= 0.6 is 0 Å². The number of aryl methyl sites for hydroxylation is 2. The topological polar surface area (TPSA) is 50.6 Å². The van der Waals surface area contributed by atoms with Crippen LogP contribution < -0.4 is 15.4 Å². The Morgan fingerprint density at radius 1 is 1.35 bits per heavy atom. The molecule has 23 heavy (non-hydrogen) atoms. The van der Waals surface area contributed by atoms with Crippen molar-refractivity contribution in [2.75, 3.05) is 14.2 Å². The average Bonchev–Trinajstić information content (AvgIpc) is 2.96. The zero-order chi connectivity index (χ0) is 16.8. The maximum atomic E-state index is 5.47. The first kappa shape index (κ1) is 16.9. The van der Waals surface area contributed by atoms with Crippen molar-refractivity contribution >= 4 is 5.96 Å². The second-order valence-electron chi connectivity index (χ2n) is 5.65. The van der Waals surface area contributed by atoms with Gasteiger partial charge in [0.2, 0.25) is 0 Å². The molecule has 0 aliphatic carbocycles. The molecule has 0 aliphatic heterocycles. The van der Waals surface area contributed by atoms with E-state index in [-0.39, 0.29) is 6.04 Å². The minimum absolute atomic E-state index is 0.0875. The first-order chi connectivity index (χ1) is 11.0. The van der Waals surface area contributed by atoms with Gasteiger partial charge in [-0.15, -0.1) is 0 Å². The van der Waals surface area contributed by atoms with Crippen LogP contribution in [0.5, 0.6) is 5.75 Å². The molecule has 1 heterocycles. The van der Waals surface area contributed by atoms with Gasteiger partial charge < -0.3 is 19.9 Å². The normalized spacial score (nSPS) is 12.8. The second kappa shape index (κ2) is 7.72. The zero-order valence-electron chi connectivity index (χ0n) is 14.6. The first-order valence-corrected chi connectivity index (χ1v) is 7.77. The molecule has 1 aromatic carbocycles. The fraction of sp³-hybridized carbons (Fsp3) is 0.389. The van der Waals surface area contributed by atoms with Crippen LogP contribution in [0.1, 0.15) is 29.8 Å². The van der Waals surface area contributed by atoms with Gasteiger partial charge in [-0.1, -0.05) is 17.7 Å². The minimum atomic E-state index is 0.0875. The second-order valence-corrected chi connectivity index (χ2v) is 5.65. The lowest BCUT2D eigenvalue weighted by atomic mass is 10.0. The fourth-order valence-corrected chi connectivity index (χ4v) is 2.52.